The lowest BCUT2D eigenvalue weighted by Gasteiger charge is -2.29. The van der Waals surface area contributed by atoms with E-state index in [1.54, 1.807) is 43.3 Å². The van der Waals surface area contributed by atoms with Gasteiger partial charge in [0.15, 0.2) is 5.78 Å². The van der Waals surface area contributed by atoms with E-state index in [4.69, 9.17) is 21.1 Å². The number of allylic oxidation sites excluding steroid dienone is 2. The monoisotopic (exact) mass is 489 g/mol. The minimum absolute atomic E-state index is 0.144. The molecule has 35 heavy (non-hydrogen) atoms. The lowest BCUT2D eigenvalue weighted by Crippen LogP contribution is -2.29. The van der Waals surface area contributed by atoms with Gasteiger partial charge in [0.1, 0.15) is 18.2 Å². The largest absolute Gasteiger partial charge is 0.487 e. The Hall–Kier alpha value is -3.90. The molecule has 5 rings (SSSR count). The van der Waals surface area contributed by atoms with Gasteiger partial charge in [-0.1, -0.05) is 54.1 Å². The Morgan fingerprint density at radius 2 is 1.77 bits per heavy atom. The summed E-state index contributed by atoms with van der Waals surface area (Å²) < 4.78 is 24.1. The molecule has 0 spiro atoms. The molecule has 0 saturated heterocycles. The zero-order valence-electron chi connectivity index (χ0n) is 19.0. The van der Waals surface area contributed by atoms with Gasteiger partial charge < -0.3 is 14.8 Å². The van der Waals surface area contributed by atoms with Crippen LogP contribution in [0.2, 0.25) is 5.02 Å². The van der Waals surface area contributed by atoms with Gasteiger partial charge in [-0.05, 0) is 42.3 Å². The van der Waals surface area contributed by atoms with Crippen molar-refractivity contribution < 1.29 is 23.5 Å². The second kappa shape index (κ2) is 9.04. The summed E-state index contributed by atoms with van der Waals surface area (Å²) in [5.74, 6) is -1.22. The molecule has 0 aromatic heterocycles. The number of methoxy groups -OCH3 is 1. The average Bonchev–Trinajstić information content (AvgIpc) is 3.14. The number of ether oxygens (including phenoxy) is 2. The molecule has 1 aliphatic heterocycles. The highest BCUT2D eigenvalue weighted by Crippen LogP contribution is 2.47. The molecule has 176 valence electrons. The van der Waals surface area contributed by atoms with Crippen molar-refractivity contribution >= 4 is 29.1 Å². The minimum atomic E-state index is -0.665. The van der Waals surface area contributed by atoms with Gasteiger partial charge in [0, 0.05) is 28.3 Å². The van der Waals surface area contributed by atoms with Crippen LogP contribution in [0.4, 0.5) is 4.39 Å². The van der Waals surface area contributed by atoms with E-state index in [2.05, 4.69) is 5.32 Å². The van der Waals surface area contributed by atoms with Crippen molar-refractivity contribution in [3.05, 3.63) is 117 Å². The zero-order valence-corrected chi connectivity index (χ0v) is 19.8. The molecule has 1 atom stereocenters. The summed E-state index contributed by atoms with van der Waals surface area (Å²) in [6, 6.07) is 18.6. The van der Waals surface area contributed by atoms with Crippen LogP contribution < -0.4 is 10.1 Å². The van der Waals surface area contributed by atoms with Gasteiger partial charge in [-0.3, -0.25) is 4.79 Å². The Bertz CT molecular complexity index is 1430. The smallest absolute Gasteiger partial charge is 0.336 e. The normalized spacial score (nSPS) is 16.6. The maximum absolute atomic E-state index is 13.5. The predicted octanol–water partition coefficient (Wildman–Crippen LogP) is 5.80. The third-order valence-corrected chi connectivity index (χ3v) is 6.55. The highest BCUT2D eigenvalue weighted by Gasteiger charge is 2.42. The summed E-state index contributed by atoms with van der Waals surface area (Å²) in [5, 5.41) is 3.58. The van der Waals surface area contributed by atoms with Crippen LogP contribution in [0.25, 0.3) is 5.70 Å². The highest BCUT2D eigenvalue weighted by atomic mass is 35.5. The summed E-state index contributed by atoms with van der Waals surface area (Å²) in [5.41, 5.74) is 4.97. The topological polar surface area (TPSA) is 64.6 Å². The number of ketones is 1. The molecule has 0 amide bonds. The molecule has 5 nitrogen and oxygen atoms in total. The highest BCUT2D eigenvalue weighted by molar-refractivity contribution is 6.32. The van der Waals surface area contributed by atoms with Gasteiger partial charge in [0.2, 0.25) is 0 Å². The number of hydrogen-bond acceptors (Lipinski definition) is 5. The molecular formula is C28H21ClFNO4. The van der Waals surface area contributed by atoms with Gasteiger partial charge in [0.25, 0.3) is 0 Å². The molecule has 1 aliphatic carbocycles. The maximum atomic E-state index is 13.5. The second-order valence-electron chi connectivity index (χ2n) is 8.36. The number of Topliss-reactive ketones (excluding diaryl/α,β-unsaturated/α-hetero) is 1. The number of rotatable bonds is 5. The van der Waals surface area contributed by atoms with Crippen molar-refractivity contribution in [1.29, 1.82) is 0 Å². The molecule has 1 unspecified atom stereocenters. The number of carbonyl (C=O) groups is 2. The van der Waals surface area contributed by atoms with Crippen LogP contribution in [0, 0.1) is 5.82 Å². The number of halogens is 2. The van der Waals surface area contributed by atoms with E-state index in [0.29, 0.717) is 44.4 Å². The first-order valence-electron chi connectivity index (χ1n) is 11.0. The molecule has 1 N–H and O–H groups in total. The van der Waals surface area contributed by atoms with Crippen LogP contribution in [-0.2, 0) is 16.1 Å². The number of dihydropyridines is 1. The van der Waals surface area contributed by atoms with Crippen LogP contribution in [0.5, 0.6) is 5.75 Å². The second-order valence-corrected chi connectivity index (χ2v) is 8.76. The van der Waals surface area contributed by atoms with Gasteiger partial charge in [-0.25, -0.2) is 9.18 Å². The van der Waals surface area contributed by atoms with E-state index in [9.17, 15) is 14.0 Å². The molecule has 0 bridgehead atoms. The quantitative estimate of drug-likeness (QED) is 0.459. The van der Waals surface area contributed by atoms with Gasteiger partial charge >= 0.3 is 5.97 Å². The number of carbonyl (C=O) groups excluding carboxylic acids is 2. The molecule has 0 radical (unpaired) electrons. The molecule has 1 heterocycles. The predicted molar refractivity (Wildman–Crippen MR) is 130 cm³/mol. The summed E-state index contributed by atoms with van der Waals surface area (Å²) in [6.45, 7) is 2.00. The zero-order chi connectivity index (χ0) is 24.7. The van der Waals surface area contributed by atoms with E-state index in [0.717, 1.165) is 11.1 Å². The van der Waals surface area contributed by atoms with Gasteiger partial charge in [-0.2, -0.15) is 0 Å². The fourth-order valence-electron chi connectivity index (χ4n) is 4.60. The number of benzene rings is 3. The lowest BCUT2D eigenvalue weighted by molar-refractivity contribution is -0.136. The average molecular weight is 490 g/mol. The van der Waals surface area contributed by atoms with Crippen LogP contribution in [0.3, 0.4) is 0 Å². The Morgan fingerprint density at radius 3 is 2.46 bits per heavy atom. The SMILES string of the molecule is COC(=O)C1=C(C)NC2=C(C(=O)c3ccccc32)C1c1ccc(OCc2ccc(F)cc2)c(Cl)c1. The molecule has 3 aromatic carbocycles. The first kappa shape index (κ1) is 22.9. The molecule has 2 aliphatic rings. The lowest BCUT2D eigenvalue weighted by atomic mass is 9.80. The van der Waals surface area contributed by atoms with Crippen LogP contribution >= 0.6 is 11.6 Å². The Kier molecular flexibility index (Phi) is 5.91. The third kappa shape index (κ3) is 4.00. The van der Waals surface area contributed by atoms with Crippen LogP contribution in [0.15, 0.2) is 83.6 Å². The molecule has 3 aromatic rings. The summed E-state index contributed by atoms with van der Waals surface area (Å²) >= 11 is 6.57. The number of nitrogens with one attached hydrogen (secondary N) is 1. The molecular weight excluding hydrogens is 469 g/mol. The van der Waals surface area contributed by atoms with Crippen molar-refractivity contribution in [3.63, 3.8) is 0 Å². The summed E-state index contributed by atoms with van der Waals surface area (Å²) in [4.78, 5) is 26.3. The molecule has 0 fully saturated rings. The van der Waals surface area contributed by atoms with Gasteiger partial charge in [0.05, 0.1) is 23.4 Å². The van der Waals surface area contributed by atoms with E-state index < -0.39 is 11.9 Å². The van der Waals surface area contributed by atoms with E-state index in [1.807, 2.05) is 18.2 Å². The van der Waals surface area contributed by atoms with Crippen molar-refractivity contribution in [1.82, 2.24) is 5.32 Å². The standard InChI is InChI=1S/C28H21ClFNO4/c1-15-23(28(33)34-2)24(25-26(31-15)19-5-3-4-6-20(19)27(25)32)17-9-12-22(21(29)13-17)35-14-16-7-10-18(30)11-8-16/h3-13,24,31H,14H2,1-2H3. The Labute approximate surface area is 206 Å². The van der Waals surface area contributed by atoms with Crippen LogP contribution in [-0.4, -0.2) is 18.9 Å². The van der Waals surface area contributed by atoms with E-state index >= 15 is 0 Å². The van der Waals surface area contributed by atoms with Crippen molar-refractivity contribution in [2.75, 3.05) is 7.11 Å². The van der Waals surface area contributed by atoms with Crippen molar-refractivity contribution in [2.24, 2.45) is 0 Å². The van der Waals surface area contributed by atoms with E-state index in [1.165, 1.54) is 19.2 Å². The Balaban J connectivity index is 1.53. The van der Waals surface area contributed by atoms with Crippen LogP contribution in [0.1, 0.15) is 39.9 Å². The fourth-order valence-corrected chi connectivity index (χ4v) is 4.84. The molecule has 7 heteroatoms. The number of hydrogen-bond donors (Lipinski definition) is 1. The number of fused-ring (bicyclic) bond motifs is 2. The Morgan fingerprint density at radius 1 is 1.06 bits per heavy atom. The van der Waals surface area contributed by atoms with Gasteiger partial charge in [-0.15, -0.1) is 0 Å². The van der Waals surface area contributed by atoms with Crippen molar-refractivity contribution in [3.8, 4) is 5.75 Å². The molecule has 0 saturated carbocycles. The first-order chi connectivity index (χ1) is 16.9. The first-order valence-corrected chi connectivity index (χ1v) is 11.4. The minimum Gasteiger partial charge on any atom is -0.487 e. The van der Waals surface area contributed by atoms with Crippen molar-refractivity contribution in [2.45, 2.75) is 19.4 Å². The fraction of sp³-hybridized carbons (Fsp3) is 0.143. The summed E-state index contributed by atoms with van der Waals surface area (Å²) in [7, 11) is 1.31. The summed E-state index contributed by atoms with van der Waals surface area (Å²) in [6.07, 6.45) is 0. The third-order valence-electron chi connectivity index (χ3n) is 6.25. The van der Waals surface area contributed by atoms with E-state index in [-0.39, 0.29) is 18.2 Å². The number of esters is 1. The maximum Gasteiger partial charge on any atom is 0.336 e.